The number of imidazole rings is 1. The van der Waals surface area contributed by atoms with Gasteiger partial charge in [0, 0.05) is 57.8 Å². The lowest BCUT2D eigenvalue weighted by atomic mass is 10.0. The van der Waals surface area contributed by atoms with E-state index in [0.717, 1.165) is 66.3 Å². The summed E-state index contributed by atoms with van der Waals surface area (Å²) in [6.07, 6.45) is 2.01. The molecule has 0 atom stereocenters. The molecule has 4 aromatic rings. The fraction of sp³-hybridized carbons (Fsp3) is 0.387. The number of benzene rings is 3. The molecule has 0 spiro atoms. The Hall–Kier alpha value is -3.36. The van der Waals surface area contributed by atoms with Crippen molar-refractivity contribution in [2.24, 2.45) is 7.05 Å². The van der Waals surface area contributed by atoms with Crippen LogP contribution in [0.15, 0.2) is 65.6 Å². The molecule has 0 unspecified atom stereocenters. The minimum Gasteiger partial charge on any atom is -0.383 e. The molecule has 0 amide bonds. The van der Waals surface area contributed by atoms with E-state index in [0.29, 0.717) is 17.5 Å². The van der Waals surface area contributed by atoms with Crippen molar-refractivity contribution in [3.8, 4) is 11.1 Å². The van der Waals surface area contributed by atoms with E-state index < -0.39 is 9.84 Å². The summed E-state index contributed by atoms with van der Waals surface area (Å²) in [5, 5.41) is 3.60. The minimum atomic E-state index is -3.19. The summed E-state index contributed by atoms with van der Waals surface area (Å²) in [6, 6.07) is 21.1. The molecule has 39 heavy (non-hydrogen) atoms. The highest BCUT2D eigenvalue weighted by atomic mass is 32.2. The fourth-order valence-electron chi connectivity index (χ4n) is 5.31. The standard InChI is InChI=1S/C31H39N5O2S/c1-22(2)35-16-18-36(19-17-35)27-10-8-25(9-11-27)26-20-29(31-30(21-26)34(4)23(3)33-31)32-15-14-24-6-12-28(13-7-24)39(5,37)38/h6-13,20-22,32H,14-19H2,1-5H3. The van der Waals surface area contributed by atoms with Crippen LogP contribution in [0.2, 0.25) is 0 Å². The number of hydrogen-bond donors (Lipinski definition) is 1. The van der Waals surface area contributed by atoms with Crippen LogP contribution < -0.4 is 10.2 Å². The number of piperazine rings is 1. The lowest BCUT2D eigenvalue weighted by Gasteiger charge is -2.38. The third kappa shape index (κ3) is 5.97. The van der Waals surface area contributed by atoms with Gasteiger partial charge in [0.05, 0.1) is 16.1 Å². The van der Waals surface area contributed by atoms with E-state index in [1.54, 1.807) is 12.1 Å². The molecule has 1 aliphatic heterocycles. The highest BCUT2D eigenvalue weighted by molar-refractivity contribution is 7.90. The largest absolute Gasteiger partial charge is 0.383 e. The van der Waals surface area contributed by atoms with Crippen LogP contribution in [0, 0.1) is 6.92 Å². The maximum Gasteiger partial charge on any atom is 0.175 e. The Balaban J connectivity index is 1.34. The van der Waals surface area contributed by atoms with E-state index in [-0.39, 0.29) is 0 Å². The van der Waals surface area contributed by atoms with Crippen LogP contribution in [0.5, 0.6) is 0 Å². The van der Waals surface area contributed by atoms with Crippen molar-refractivity contribution >= 4 is 32.2 Å². The van der Waals surface area contributed by atoms with Crippen LogP contribution in [-0.4, -0.2) is 67.9 Å². The van der Waals surface area contributed by atoms with E-state index in [1.165, 1.54) is 17.5 Å². The first kappa shape index (κ1) is 27.2. The molecular formula is C31H39N5O2S. The average Bonchev–Trinajstić information content (AvgIpc) is 3.22. The molecule has 0 saturated carbocycles. The number of sulfone groups is 1. The number of fused-ring (bicyclic) bond motifs is 1. The second-order valence-electron chi connectivity index (χ2n) is 10.9. The molecule has 8 heteroatoms. The van der Waals surface area contributed by atoms with E-state index in [2.05, 4.69) is 77.0 Å². The van der Waals surface area contributed by atoms with Crippen LogP contribution >= 0.6 is 0 Å². The molecule has 5 rings (SSSR count). The number of hydrogen-bond acceptors (Lipinski definition) is 6. The van der Waals surface area contributed by atoms with Gasteiger partial charge in [-0.25, -0.2) is 13.4 Å². The van der Waals surface area contributed by atoms with Gasteiger partial charge in [0.25, 0.3) is 0 Å². The summed E-state index contributed by atoms with van der Waals surface area (Å²) >= 11 is 0. The third-order valence-electron chi connectivity index (χ3n) is 7.90. The lowest BCUT2D eigenvalue weighted by molar-refractivity contribution is 0.209. The first-order valence-corrected chi connectivity index (χ1v) is 15.6. The zero-order valence-electron chi connectivity index (χ0n) is 23.6. The SMILES string of the molecule is Cc1nc2c(NCCc3ccc(S(C)(=O)=O)cc3)cc(-c3ccc(N4CCN(C(C)C)CC4)cc3)cc2n1C. The Morgan fingerprint density at radius 2 is 1.59 bits per heavy atom. The Labute approximate surface area is 232 Å². The molecule has 1 aliphatic rings. The fourth-order valence-corrected chi connectivity index (χ4v) is 5.94. The zero-order valence-corrected chi connectivity index (χ0v) is 24.4. The van der Waals surface area contributed by atoms with Crippen molar-refractivity contribution in [3.63, 3.8) is 0 Å². The van der Waals surface area contributed by atoms with Gasteiger partial charge in [0.2, 0.25) is 0 Å². The molecule has 1 N–H and O–H groups in total. The molecular weight excluding hydrogens is 506 g/mol. The average molecular weight is 546 g/mol. The number of rotatable bonds is 8. The number of anilines is 2. The first-order chi connectivity index (χ1) is 18.6. The van der Waals surface area contributed by atoms with Crippen molar-refractivity contribution in [3.05, 3.63) is 72.1 Å². The van der Waals surface area contributed by atoms with Gasteiger partial charge in [-0.15, -0.1) is 0 Å². The summed E-state index contributed by atoms with van der Waals surface area (Å²) in [6.45, 7) is 11.6. The smallest absolute Gasteiger partial charge is 0.175 e. The van der Waals surface area contributed by atoms with Crippen LogP contribution in [0.3, 0.4) is 0 Å². The summed E-state index contributed by atoms with van der Waals surface area (Å²) in [5.74, 6) is 0.970. The third-order valence-corrected chi connectivity index (χ3v) is 9.03. The molecule has 0 aliphatic carbocycles. The molecule has 1 saturated heterocycles. The van der Waals surface area contributed by atoms with Gasteiger partial charge < -0.3 is 14.8 Å². The second-order valence-corrected chi connectivity index (χ2v) is 12.9. The molecule has 3 aromatic carbocycles. The quantitative estimate of drug-likeness (QED) is 0.331. The van der Waals surface area contributed by atoms with E-state index >= 15 is 0 Å². The maximum atomic E-state index is 11.8. The number of nitrogens with zero attached hydrogens (tertiary/aromatic N) is 4. The summed E-state index contributed by atoms with van der Waals surface area (Å²) in [7, 11) is -1.13. The normalized spacial score (nSPS) is 14.9. The van der Waals surface area contributed by atoms with Crippen molar-refractivity contribution in [2.45, 2.75) is 38.1 Å². The van der Waals surface area contributed by atoms with Gasteiger partial charge in [-0.3, -0.25) is 4.90 Å². The van der Waals surface area contributed by atoms with Gasteiger partial charge in [-0.05, 0) is 80.3 Å². The lowest BCUT2D eigenvalue weighted by Crippen LogP contribution is -2.48. The van der Waals surface area contributed by atoms with E-state index in [9.17, 15) is 8.42 Å². The number of nitrogens with one attached hydrogen (secondary N) is 1. The Kier molecular flexibility index (Phi) is 7.69. The summed E-state index contributed by atoms with van der Waals surface area (Å²) in [5.41, 5.74) is 7.77. The molecule has 0 bridgehead atoms. The first-order valence-electron chi connectivity index (χ1n) is 13.7. The summed E-state index contributed by atoms with van der Waals surface area (Å²) < 4.78 is 25.6. The topological polar surface area (TPSA) is 70.5 Å². The highest BCUT2D eigenvalue weighted by Gasteiger charge is 2.19. The van der Waals surface area contributed by atoms with Crippen LogP contribution in [0.25, 0.3) is 22.2 Å². The predicted molar refractivity (Wildman–Crippen MR) is 162 cm³/mol. The number of aryl methyl sites for hydroxylation is 2. The molecule has 206 valence electrons. The van der Waals surface area contributed by atoms with Crippen molar-refractivity contribution in [1.82, 2.24) is 14.5 Å². The molecule has 7 nitrogen and oxygen atoms in total. The summed E-state index contributed by atoms with van der Waals surface area (Å²) in [4.78, 5) is 10.2. The highest BCUT2D eigenvalue weighted by Crippen LogP contribution is 2.32. The van der Waals surface area contributed by atoms with Crippen molar-refractivity contribution < 1.29 is 8.42 Å². The molecule has 1 fully saturated rings. The van der Waals surface area contributed by atoms with Crippen LogP contribution in [0.1, 0.15) is 25.2 Å². The van der Waals surface area contributed by atoms with Gasteiger partial charge in [-0.1, -0.05) is 24.3 Å². The van der Waals surface area contributed by atoms with Gasteiger partial charge in [0.15, 0.2) is 9.84 Å². The van der Waals surface area contributed by atoms with Gasteiger partial charge in [0.1, 0.15) is 11.3 Å². The van der Waals surface area contributed by atoms with Gasteiger partial charge >= 0.3 is 0 Å². The molecule has 0 radical (unpaired) electrons. The van der Waals surface area contributed by atoms with Crippen LogP contribution in [0.4, 0.5) is 11.4 Å². The molecule has 1 aromatic heterocycles. The maximum absolute atomic E-state index is 11.8. The van der Waals surface area contributed by atoms with E-state index in [4.69, 9.17) is 4.98 Å². The zero-order chi connectivity index (χ0) is 27.7. The number of aromatic nitrogens is 2. The van der Waals surface area contributed by atoms with E-state index in [1.807, 2.05) is 19.1 Å². The Morgan fingerprint density at radius 1 is 0.923 bits per heavy atom. The van der Waals surface area contributed by atoms with Crippen LogP contribution in [-0.2, 0) is 23.3 Å². The Bertz CT molecular complexity index is 1550. The Morgan fingerprint density at radius 3 is 2.21 bits per heavy atom. The second kappa shape index (κ2) is 11.0. The monoisotopic (exact) mass is 545 g/mol. The minimum absolute atomic E-state index is 0.349. The van der Waals surface area contributed by atoms with Gasteiger partial charge in [-0.2, -0.15) is 0 Å². The van der Waals surface area contributed by atoms with Crippen molar-refractivity contribution in [1.29, 1.82) is 0 Å². The predicted octanol–water partition coefficient (Wildman–Crippen LogP) is 5.14. The van der Waals surface area contributed by atoms with Crippen molar-refractivity contribution in [2.75, 3.05) is 49.2 Å². The molecule has 2 heterocycles.